The number of hydrogen-bond acceptors (Lipinski definition) is 2. The quantitative estimate of drug-likeness (QED) is 0.201. The molecule has 206 valence electrons. The summed E-state index contributed by atoms with van der Waals surface area (Å²) in [5.41, 5.74) is 11.2. The van der Waals surface area contributed by atoms with Crippen molar-refractivity contribution in [2.24, 2.45) is 0 Å². The number of para-hydroxylation sites is 2. The van der Waals surface area contributed by atoms with Gasteiger partial charge in [-0.15, -0.1) is 0 Å². The van der Waals surface area contributed by atoms with E-state index in [0.717, 1.165) is 27.5 Å². The topological polar surface area (TPSA) is 30.7 Å². The molecule has 0 aliphatic carbocycles. The third-order valence-electron chi connectivity index (χ3n) is 8.86. The van der Waals surface area contributed by atoms with Crippen molar-refractivity contribution in [3.05, 3.63) is 151 Å². The van der Waals surface area contributed by atoms with Gasteiger partial charge in [-0.05, 0) is 82.4 Å². The number of hydrogen-bond donors (Lipinski definition) is 0. The normalized spacial score (nSPS) is 11.8. The first kappa shape index (κ1) is 24.8. The van der Waals surface area contributed by atoms with Gasteiger partial charge in [-0.1, -0.05) is 97.1 Å². The Bertz CT molecular complexity index is 2540. The van der Waals surface area contributed by atoms with Gasteiger partial charge in [0.2, 0.25) is 0 Å². The van der Waals surface area contributed by atoms with E-state index in [4.69, 9.17) is 9.97 Å². The molecule has 9 rings (SSSR count). The van der Waals surface area contributed by atoms with Crippen LogP contribution in [0.15, 0.2) is 146 Å². The Kier molecular flexibility index (Phi) is 5.41. The average molecular weight is 562 g/mol. The molecule has 0 fully saturated rings. The molecule has 0 aliphatic heterocycles. The Labute approximate surface area is 254 Å². The molecular formula is C41H27N3. The summed E-state index contributed by atoms with van der Waals surface area (Å²) in [7, 11) is 0. The van der Waals surface area contributed by atoms with E-state index in [1.165, 1.54) is 60.5 Å². The van der Waals surface area contributed by atoms with Gasteiger partial charge in [-0.3, -0.25) is 4.98 Å². The van der Waals surface area contributed by atoms with Gasteiger partial charge >= 0.3 is 0 Å². The molecular weight excluding hydrogens is 534 g/mol. The Morgan fingerprint density at radius 2 is 1.05 bits per heavy atom. The molecule has 3 heteroatoms. The summed E-state index contributed by atoms with van der Waals surface area (Å²) in [5, 5.41) is 7.19. The first-order valence-electron chi connectivity index (χ1n) is 15.0. The predicted octanol–water partition coefficient (Wildman–Crippen LogP) is 10.7. The first-order chi connectivity index (χ1) is 21.7. The van der Waals surface area contributed by atoms with Gasteiger partial charge in [0, 0.05) is 33.4 Å². The van der Waals surface area contributed by atoms with Crippen LogP contribution in [0.1, 0.15) is 5.69 Å². The summed E-state index contributed by atoms with van der Waals surface area (Å²) in [4.78, 5) is 9.69. The van der Waals surface area contributed by atoms with E-state index in [9.17, 15) is 0 Å². The maximum atomic E-state index is 4.87. The predicted molar refractivity (Wildman–Crippen MR) is 184 cm³/mol. The molecule has 2 heterocycles. The molecule has 0 amide bonds. The van der Waals surface area contributed by atoms with E-state index >= 15 is 0 Å². The molecule has 44 heavy (non-hydrogen) atoms. The summed E-state index contributed by atoms with van der Waals surface area (Å²) in [6.07, 6.45) is 1.86. The fourth-order valence-electron chi connectivity index (χ4n) is 6.83. The lowest BCUT2D eigenvalue weighted by atomic mass is 9.94. The maximum Gasteiger partial charge on any atom is 0.0974 e. The molecule has 0 bridgehead atoms. The zero-order chi connectivity index (χ0) is 29.2. The Balaban J connectivity index is 1.20. The van der Waals surface area contributed by atoms with Crippen LogP contribution in [0.5, 0.6) is 0 Å². The second kappa shape index (κ2) is 9.62. The van der Waals surface area contributed by atoms with E-state index in [1.54, 1.807) is 0 Å². The zero-order valence-electron chi connectivity index (χ0n) is 24.2. The van der Waals surface area contributed by atoms with Crippen LogP contribution in [0, 0.1) is 6.92 Å². The van der Waals surface area contributed by atoms with Gasteiger partial charge in [0.25, 0.3) is 0 Å². The zero-order valence-corrected chi connectivity index (χ0v) is 24.2. The van der Waals surface area contributed by atoms with Crippen LogP contribution in [-0.2, 0) is 0 Å². The van der Waals surface area contributed by atoms with E-state index in [2.05, 4.69) is 144 Å². The summed E-state index contributed by atoms with van der Waals surface area (Å²) in [6.45, 7) is 2.00. The largest absolute Gasteiger partial charge is 0.309 e. The second-order valence-electron chi connectivity index (χ2n) is 11.5. The monoisotopic (exact) mass is 561 g/mol. The molecule has 0 saturated heterocycles. The lowest BCUT2D eigenvalue weighted by Crippen LogP contribution is -1.92. The minimum Gasteiger partial charge on any atom is -0.309 e. The highest BCUT2D eigenvalue weighted by atomic mass is 15.0. The Morgan fingerprint density at radius 1 is 0.432 bits per heavy atom. The number of fused-ring (bicyclic) bond motifs is 9. The summed E-state index contributed by atoms with van der Waals surface area (Å²) >= 11 is 0. The van der Waals surface area contributed by atoms with Gasteiger partial charge in [0.05, 0.1) is 27.8 Å². The van der Waals surface area contributed by atoms with E-state index in [0.29, 0.717) is 0 Å². The third-order valence-corrected chi connectivity index (χ3v) is 8.86. The van der Waals surface area contributed by atoms with Crippen molar-refractivity contribution < 1.29 is 0 Å². The minimum absolute atomic E-state index is 0.929. The van der Waals surface area contributed by atoms with Crippen LogP contribution in [-0.4, -0.2) is 14.5 Å². The molecule has 0 radical (unpaired) electrons. The maximum absolute atomic E-state index is 4.87. The van der Waals surface area contributed by atoms with Gasteiger partial charge in [-0.25, -0.2) is 4.98 Å². The molecule has 0 atom stereocenters. The molecule has 0 saturated carbocycles. The van der Waals surface area contributed by atoms with Crippen molar-refractivity contribution in [3.63, 3.8) is 0 Å². The van der Waals surface area contributed by atoms with Crippen molar-refractivity contribution in [2.45, 2.75) is 6.92 Å². The van der Waals surface area contributed by atoms with Gasteiger partial charge in [0.15, 0.2) is 0 Å². The van der Waals surface area contributed by atoms with Gasteiger partial charge in [-0.2, -0.15) is 0 Å². The SMILES string of the molecule is Cc1cnc2c3ccc(-c4cccc(-c5ccc6c(c5)c5ccccc5n6-c5ccccc5)c4)cc3c3ccccc3c2n1. The van der Waals surface area contributed by atoms with Crippen LogP contribution >= 0.6 is 0 Å². The summed E-state index contributed by atoms with van der Waals surface area (Å²) in [6, 6.07) is 50.3. The smallest absolute Gasteiger partial charge is 0.0974 e. The number of aryl methyl sites for hydroxylation is 1. The first-order valence-corrected chi connectivity index (χ1v) is 15.0. The third kappa shape index (κ3) is 3.76. The number of rotatable bonds is 3. The number of nitrogens with zero attached hydrogens (tertiary/aromatic N) is 3. The Hall–Kier alpha value is -5.80. The van der Waals surface area contributed by atoms with E-state index < -0.39 is 0 Å². The van der Waals surface area contributed by atoms with Crippen LogP contribution in [0.2, 0.25) is 0 Å². The van der Waals surface area contributed by atoms with E-state index in [1.807, 2.05) is 13.1 Å². The van der Waals surface area contributed by atoms with Crippen LogP contribution in [0.25, 0.3) is 82.3 Å². The molecule has 7 aromatic carbocycles. The van der Waals surface area contributed by atoms with Gasteiger partial charge in [0.1, 0.15) is 0 Å². The fraction of sp³-hybridized carbons (Fsp3) is 0.0244. The molecule has 0 unspecified atom stereocenters. The van der Waals surface area contributed by atoms with Crippen LogP contribution < -0.4 is 0 Å². The van der Waals surface area contributed by atoms with Crippen molar-refractivity contribution in [3.8, 4) is 27.9 Å². The number of benzene rings is 7. The average Bonchev–Trinajstić information content (AvgIpc) is 3.42. The lowest BCUT2D eigenvalue weighted by Gasteiger charge is -2.12. The highest BCUT2D eigenvalue weighted by molar-refractivity contribution is 6.23. The molecule has 0 aliphatic rings. The molecule has 0 N–H and O–H groups in total. The van der Waals surface area contributed by atoms with Crippen molar-refractivity contribution in [2.75, 3.05) is 0 Å². The van der Waals surface area contributed by atoms with Crippen LogP contribution in [0.4, 0.5) is 0 Å². The molecule has 2 aromatic heterocycles. The summed E-state index contributed by atoms with van der Waals surface area (Å²) in [5.74, 6) is 0. The van der Waals surface area contributed by atoms with E-state index in [-0.39, 0.29) is 0 Å². The number of aromatic nitrogens is 3. The highest BCUT2D eigenvalue weighted by Crippen LogP contribution is 2.38. The molecule has 0 spiro atoms. The highest BCUT2D eigenvalue weighted by Gasteiger charge is 2.15. The van der Waals surface area contributed by atoms with Crippen molar-refractivity contribution >= 4 is 54.4 Å². The van der Waals surface area contributed by atoms with Gasteiger partial charge < -0.3 is 4.57 Å². The minimum atomic E-state index is 0.929. The standard InChI is InChI=1S/C41H27N3/c1-26-25-42-40-35-20-18-29(23-36(35)32-14-5-6-16-34(32)41(40)43-26)27-10-9-11-28(22-27)30-19-21-39-37(24-30)33-15-7-8-17-38(33)44(39)31-12-3-2-4-13-31/h2-25H,1H3. The molecule has 9 aromatic rings. The Morgan fingerprint density at radius 3 is 1.86 bits per heavy atom. The lowest BCUT2D eigenvalue weighted by molar-refractivity contribution is 1.18. The van der Waals surface area contributed by atoms with Crippen molar-refractivity contribution in [1.29, 1.82) is 0 Å². The molecule has 3 nitrogen and oxygen atoms in total. The second-order valence-corrected chi connectivity index (χ2v) is 11.5. The summed E-state index contributed by atoms with van der Waals surface area (Å²) < 4.78 is 2.36. The van der Waals surface area contributed by atoms with Crippen molar-refractivity contribution in [1.82, 2.24) is 14.5 Å². The fourth-order valence-corrected chi connectivity index (χ4v) is 6.83. The van der Waals surface area contributed by atoms with Crippen LogP contribution in [0.3, 0.4) is 0 Å².